The predicted molar refractivity (Wildman–Crippen MR) is 103 cm³/mol. The number of hydrogen-bond acceptors (Lipinski definition) is 3. The molecule has 1 saturated heterocycles. The summed E-state index contributed by atoms with van der Waals surface area (Å²) in [5.74, 6) is 0.590. The molecule has 2 atom stereocenters. The van der Waals surface area contributed by atoms with E-state index in [2.05, 4.69) is 11.5 Å². The van der Waals surface area contributed by atoms with Gasteiger partial charge >= 0.3 is 0 Å². The number of Topliss-reactive ketones (excluding diaryl/α,β-unsaturated/α-hetero) is 1. The number of rotatable bonds is 5. The van der Waals surface area contributed by atoms with E-state index in [-0.39, 0.29) is 11.8 Å². The molecule has 0 unspecified atom stereocenters. The van der Waals surface area contributed by atoms with Crippen molar-refractivity contribution in [1.29, 1.82) is 0 Å². The van der Waals surface area contributed by atoms with Crippen LogP contribution in [0.15, 0.2) is 24.4 Å². The molecule has 1 aromatic carbocycles. The lowest BCUT2D eigenvalue weighted by Crippen LogP contribution is -2.35. The lowest BCUT2D eigenvalue weighted by molar-refractivity contribution is -0.0215. The van der Waals surface area contributed by atoms with Gasteiger partial charge in [-0.05, 0) is 37.3 Å². The van der Waals surface area contributed by atoms with Gasteiger partial charge in [0.2, 0.25) is 0 Å². The minimum atomic E-state index is -0.697. The number of nitrogens with zero attached hydrogens (tertiary/aromatic N) is 1. The second-order valence-electron chi connectivity index (χ2n) is 8.12. The predicted octanol–water partition coefficient (Wildman–Crippen LogP) is 4.77. The summed E-state index contributed by atoms with van der Waals surface area (Å²) in [6, 6.07) is 6.02. The Morgan fingerprint density at radius 1 is 1.42 bits per heavy atom. The molecule has 4 rings (SSSR count). The van der Waals surface area contributed by atoms with Gasteiger partial charge in [-0.25, -0.2) is 0 Å². The lowest BCUT2D eigenvalue weighted by atomic mass is 9.76. The fourth-order valence-electron chi connectivity index (χ4n) is 4.51. The van der Waals surface area contributed by atoms with Crippen LogP contribution in [0.5, 0.6) is 0 Å². The first-order valence-electron chi connectivity index (χ1n) is 9.59. The number of carbonyl (C=O) groups is 1. The van der Waals surface area contributed by atoms with Crippen molar-refractivity contribution in [2.24, 2.45) is 5.92 Å². The third kappa shape index (κ3) is 3.30. The number of carbonyl (C=O) groups excluding carboxylic acids is 1. The van der Waals surface area contributed by atoms with Crippen LogP contribution >= 0.6 is 11.6 Å². The maximum atomic E-state index is 13.0. The molecule has 0 spiro atoms. The standard InChI is InChI=1S/C21H26ClNO3/c1-14-4-3-8-21(25,10-14)9-7-19(24)16-11-23(15-12-26-13-15)18-6-2-5-17(22)20(16)18/h2,5-6,11,14-15,25H,3-4,7-10,12-13H2,1H3/t14-,21+/m0/s1. The van der Waals surface area contributed by atoms with Gasteiger partial charge in [-0.15, -0.1) is 0 Å². The van der Waals surface area contributed by atoms with Gasteiger partial charge in [0.05, 0.1) is 35.4 Å². The molecule has 2 aromatic rings. The van der Waals surface area contributed by atoms with E-state index >= 15 is 0 Å². The molecule has 0 amide bonds. The van der Waals surface area contributed by atoms with Crippen molar-refractivity contribution in [3.8, 4) is 0 Å². The monoisotopic (exact) mass is 375 g/mol. The molecule has 1 saturated carbocycles. The third-order valence-electron chi connectivity index (χ3n) is 6.01. The van der Waals surface area contributed by atoms with Gasteiger partial charge in [-0.2, -0.15) is 0 Å². The minimum absolute atomic E-state index is 0.0637. The normalized spacial score (nSPS) is 26.8. The second kappa shape index (κ2) is 6.99. The quantitative estimate of drug-likeness (QED) is 0.766. The van der Waals surface area contributed by atoms with E-state index in [9.17, 15) is 9.90 Å². The summed E-state index contributed by atoms with van der Waals surface area (Å²) in [6.07, 6.45) is 6.62. The number of aromatic nitrogens is 1. The summed E-state index contributed by atoms with van der Waals surface area (Å²) in [5.41, 5.74) is 0.959. The summed E-state index contributed by atoms with van der Waals surface area (Å²) in [5, 5.41) is 12.3. The van der Waals surface area contributed by atoms with Crippen LogP contribution < -0.4 is 0 Å². The highest BCUT2D eigenvalue weighted by molar-refractivity contribution is 6.37. The van der Waals surface area contributed by atoms with E-state index < -0.39 is 5.60 Å². The maximum Gasteiger partial charge on any atom is 0.165 e. The van der Waals surface area contributed by atoms with Crippen molar-refractivity contribution < 1.29 is 14.6 Å². The van der Waals surface area contributed by atoms with E-state index in [0.717, 1.165) is 30.2 Å². The molecular weight excluding hydrogens is 350 g/mol. The van der Waals surface area contributed by atoms with Crippen LogP contribution in [0.3, 0.4) is 0 Å². The highest BCUT2D eigenvalue weighted by Crippen LogP contribution is 2.37. The summed E-state index contributed by atoms with van der Waals surface area (Å²) >= 11 is 6.43. The summed E-state index contributed by atoms with van der Waals surface area (Å²) < 4.78 is 7.44. The zero-order valence-electron chi connectivity index (χ0n) is 15.2. The fourth-order valence-corrected chi connectivity index (χ4v) is 4.78. The van der Waals surface area contributed by atoms with Crippen LogP contribution in [0.4, 0.5) is 0 Å². The lowest BCUT2D eigenvalue weighted by Gasteiger charge is -2.35. The van der Waals surface area contributed by atoms with E-state index in [1.54, 1.807) is 0 Å². The zero-order chi connectivity index (χ0) is 18.3. The van der Waals surface area contributed by atoms with E-state index in [4.69, 9.17) is 16.3 Å². The smallest absolute Gasteiger partial charge is 0.165 e. The first-order chi connectivity index (χ1) is 12.5. The third-order valence-corrected chi connectivity index (χ3v) is 6.32. The zero-order valence-corrected chi connectivity index (χ0v) is 16.0. The molecule has 0 bridgehead atoms. The van der Waals surface area contributed by atoms with Gasteiger partial charge in [0.15, 0.2) is 5.78 Å². The molecule has 2 heterocycles. The molecule has 1 aliphatic carbocycles. The fraction of sp³-hybridized carbons (Fsp3) is 0.571. The molecule has 4 nitrogen and oxygen atoms in total. The number of ether oxygens (including phenoxy) is 1. The van der Waals surface area contributed by atoms with Crippen molar-refractivity contribution >= 4 is 28.3 Å². The van der Waals surface area contributed by atoms with Gasteiger partial charge in [-0.3, -0.25) is 4.79 Å². The van der Waals surface area contributed by atoms with Crippen LogP contribution in [0, 0.1) is 5.92 Å². The van der Waals surface area contributed by atoms with E-state index in [1.165, 1.54) is 6.42 Å². The average Bonchev–Trinajstić information content (AvgIpc) is 2.92. The number of benzene rings is 1. The van der Waals surface area contributed by atoms with Crippen molar-refractivity contribution in [1.82, 2.24) is 4.57 Å². The van der Waals surface area contributed by atoms with E-state index in [1.807, 2.05) is 24.4 Å². The number of halogens is 1. The molecule has 140 valence electrons. The first kappa shape index (κ1) is 18.0. The van der Waals surface area contributed by atoms with Gasteiger partial charge in [0.1, 0.15) is 0 Å². The van der Waals surface area contributed by atoms with Crippen LogP contribution in [0.2, 0.25) is 5.02 Å². The Morgan fingerprint density at radius 3 is 2.92 bits per heavy atom. The largest absolute Gasteiger partial charge is 0.390 e. The van der Waals surface area contributed by atoms with Gasteiger partial charge in [-0.1, -0.05) is 37.4 Å². The summed E-state index contributed by atoms with van der Waals surface area (Å²) in [7, 11) is 0. The minimum Gasteiger partial charge on any atom is -0.390 e. The summed E-state index contributed by atoms with van der Waals surface area (Å²) in [4.78, 5) is 13.0. The SMILES string of the molecule is C[C@H]1CCC[C@@](O)(CCC(=O)c2cn(C3COC3)c3cccc(Cl)c23)C1. The molecule has 1 aromatic heterocycles. The van der Waals surface area contributed by atoms with Gasteiger partial charge in [0.25, 0.3) is 0 Å². The maximum absolute atomic E-state index is 13.0. The van der Waals surface area contributed by atoms with E-state index in [0.29, 0.717) is 42.6 Å². The molecule has 2 aliphatic rings. The average molecular weight is 376 g/mol. The number of aliphatic hydroxyl groups is 1. The van der Waals surface area contributed by atoms with Gasteiger partial charge < -0.3 is 14.4 Å². The molecule has 26 heavy (non-hydrogen) atoms. The number of ketones is 1. The van der Waals surface area contributed by atoms with Crippen LogP contribution in [-0.4, -0.2) is 34.3 Å². The van der Waals surface area contributed by atoms with Crippen molar-refractivity contribution in [3.63, 3.8) is 0 Å². The number of hydrogen-bond donors (Lipinski definition) is 1. The number of fused-ring (bicyclic) bond motifs is 1. The summed E-state index contributed by atoms with van der Waals surface area (Å²) in [6.45, 7) is 3.52. The molecule has 1 N–H and O–H groups in total. The Kier molecular flexibility index (Phi) is 4.84. The van der Waals surface area contributed by atoms with Crippen molar-refractivity contribution in [2.75, 3.05) is 13.2 Å². The second-order valence-corrected chi connectivity index (χ2v) is 8.53. The Hall–Kier alpha value is -1.36. The Balaban J connectivity index is 1.58. The topological polar surface area (TPSA) is 51.5 Å². The molecule has 2 fully saturated rings. The van der Waals surface area contributed by atoms with Crippen molar-refractivity contribution in [3.05, 3.63) is 35.0 Å². The molecular formula is C21H26ClNO3. The molecule has 1 aliphatic heterocycles. The van der Waals surface area contributed by atoms with Gasteiger partial charge in [0, 0.05) is 23.6 Å². The molecule has 5 heteroatoms. The van der Waals surface area contributed by atoms with Crippen LogP contribution in [0.25, 0.3) is 10.9 Å². The Morgan fingerprint density at radius 2 is 2.23 bits per heavy atom. The first-order valence-corrected chi connectivity index (χ1v) is 9.97. The van der Waals surface area contributed by atoms with Crippen molar-refractivity contribution in [2.45, 2.75) is 57.1 Å². The Bertz CT molecular complexity index is 826. The Labute approximate surface area is 159 Å². The highest BCUT2D eigenvalue weighted by atomic mass is 35.5. The molecule has 0 radical (unpaired) electrons. The van der Waals surface area contributed by atoms with Crippen LogP contribution in [0.1, 0.15) is 61.8 Å². The van der Waals surface area contributed by atoms with Crippen LogP contribution in [-0.2, 0) is 4.74 Å². The highest BCUT2D eigenvalue weighted by Gasteiger charge is 2.33.